The van der Waals surface area contributed by atoms with Gasteiger partial charge in [-0.05, 0) is 28.0 Å². The number of nitrogens with one attached hydrogen (secondary N) is 2. The average molecular weight is 465 g/mol. The number of benzene rings is 3. The third kappa shape index (κ3) is 6.10. The molecule has 0 spiro atoms. The summed E-state index contributed by atoms with van der Waals surface area (Å²) < 4.78 is 1.67. The van der Waals surface area contributed by atoms with Crippen molar-refractivity contribution < 1.29 is 4.79 Å². The van der Waals surface area contributed by atoms with Gasteiger partial charge in [-0.1, -0.05) is 108 Å². The van der Waals surface area contributed by atoms with Gasteiger partial charge < -0.3 is 0 Å². The third-order valence-corrected chi connectivity index (χ3v) is 7.63. The maximum atomic E-state index is 12.2. The maximum Gasteiger partial charge on any atom is 0.248 e. The van der Waals surface area contributed by atoms with Crippen molar-refractivity contribution in [3.05, 3.63) is 90.5 Å². The van der Waals surface area contributed by atoms with Gasteiger partial charge in [0.05, 0.1) is 11.4 Å². The van der Waals surface area contributed by atoms with Gasteiger partial charge in [0.25, 0.3) is 0 Å². The van der Waals surface area contributed by atoms with Crippen LogP contribution in [0.2, 0.25) is 0 Å². The van der Waals surface area contributed by atoms with Crippen molar-refractivity contribution in [2.45, 2.75) is 14.4 Å². The van der Waals surface area contributed by atoms with Crippen LogP contribution < -0.4 is 10.9 Å². The Labute approximate surface area is 193 Å². The summed E-state index contributed by atoms with van der Waals surface area (Å²) in [7, 11) is 0. The Balaban J connectivity index is 1.22. The Hall–Kier alpha value is -2.81. The number of thioether (sulfide) groups is 2. The number of hydrazine groups is 1. The first kappa shape index (κ1) is 21.4. The molecule has 0 radical (unpaired) electrons. The zero-order valence-electron chi connectivity index (χ0n) is 16.6. The Bertz CT molecular complexity index is 1190. The number of nitrogens with zero attached hydrogens (tertiary/aromatic N) is 2. The molecule has 0 unspecified atom stereocenters. The number of amides is 1. The number of hydrogen-bond donors (Lipinski definition) is 2. The highest BCUT2D eigenvalue weighted by Gasteiger charge is 2.09. The quantitative estimate of drug-likeness (QED) is 0.256. The summed E-state index contributed by atoms with van der Waals surface area (Å²) in [6, 6.07) is 24.4. The maximum absolute atomic E-state index is 12.2. The van der Waals surface area contributed by atoms with Crippen LogP contribution in [0.3, 0.4) is 0 Å². The molecule has 0 saturated heterocycles. The predicted molar refractivity (Wildman–Crippen MR) is 131 cm³/mol. The van der Waals surface area contributed by atoms with Crippen molar-refractivity contribution >= 4 is 57.2 Å². The minimum Gasteiger partial charge on any atom is -0.299 e. The van der Waals surface area contributed by atoms with Gasteiger partial charge in [0.2, 0.25) is 5.91 Å². The predicted octanol–water partition coefficient (Wildman–Crippen LogP) is 5.37. The molecule has 0 aliphatic heterocycles. The lowest BCUT2D eigenvalue weighted by atomic mass is 10.1. The van der Waals surface area contributed by atoms with E-state index < -0.39 is 0 Å². The van der Waals surface area contributed by atoms with E-state index in [1.807, 2.05) is 48.5 Å². The molecule has 31 heavy (non-hydrogen) atoms. The Kier molecular flexibility index (Phi) is 7.24. The first-order valence-electron chi connectivity index (χ1n) is 9.53. The standard InChI is InChI=1S/C23H20N4OS3/c1-16(19-12-11-18-9-5-6-10-20(18)13-19)24-25-21(28)15-30-23-27-26-22(31-23)29-14-17-7-3-2-4-8-17/h2-13,24H,1,14-15H2,(H,25,28). The van der Waals surface area contributed by atoms with Gasteiger partial charge in [0.15, 0.2) is 8.68 Å². The molecule has 3 aromatic carbocycles. The van der Waals surface area contributed by atoms with E-state index in [2.05, 4.69) is 51.9 Å². The lowest BCUT2D eigenvalue weighted by Gasteiger charge is -2.11. The number of fused-ring (bicyclic) bond motifs is 1. The van der Waals surface area contributed by atoms with Crippen molar-refractivity contribution in [1.29, 1.82) is 0 Å². The first-order chi connectivity index (χ1) is 15.2. The molecule has 156 valence electrons. The second kappa shape index (κ2) is 10.5. The molecule has 8 heteroatoms. The summed E-state index contributed by atoms with van der Waals surface area (Å²) in [5, 5.41) is 10.7. The fourth-order valence-corrected chi connectivity index (χ4v) is 5.57. The van der Waals surface area contributed by atoms with E-state index in [9.17, 15) is 4.79 Å². The van der Waals surface area contributed by atoms with Gasteiger partial charge in [-0.15, -0.1) is 10.2 Å². The highest BCUT2D eigenvalue weighted by Crippen LogP contribution is 2.30. The Morgan fingerprint density at radius 2 is 1.58 bits per heavy atom. The first-order valence-corrected chi connectivity index (χ1v) is 12.3. The Morgan fingerprint density at radius 1 is 0.871 bits per heavy atom. The highest BCUT2D eigenvalue weighted by atomic mass is 32.2. The van der Waals surface area contributed by atoms with Crippen LogP contribution >= 0.6 is 34.9 Å². The van der Waals surface area contributed by atoms with E-state index >= 15 is 0 Å². The van der Waals surface area contributed by atoms with E-state index in [1.54, 1.807) is 11.8 Å². The molecule has 0 bridgehead atoms. The zero-order valence-corrected chi connectivity index (χ0v) is 19.0. The number of hydrogen-bond acceptors (Lipinski definition) is 7. The number of aromatic nitrogens is 2. The third-order valence-electron chi connectivity index (χ3n) is 4.37. The lowest BCUT2D eigenvalue weighted by molar-refractivity contribution is -0.119. The van der Waals surface area contributed by atoms with E-state index in [0.717, 1.165) is 30.8 Å². The summed E-state index contributed by atoms with van der Waals surface area (Å²) in [6.07, 6.45) is 0. The minimum absolute atomic E-state index is 0.152. The lowest BCUT2D eigenvalue weighted by Crippen LogP contribution is -2.37. The number of carbonyl (C=O) groups excluding carboxylic acids is 1. The Morgan fingerprint density at radius 3 is 2.39 bits per heavy atom. The fraction of sp³-hybridized carbons (Fsp3) is 0.0870. The molecule has 1 aromatic heterocycles. The highest BCUT2D eigenvalue weighted by molar-refractivity contribution is 8.03. The smallest absolute Gasteiger partial charge is 0.248 e. The second-order valence-electron chi connectivity index (χ2n) is 6.61. The van der Waals surface area contributed by atoms with Crippen LogP contribution in [0.25, 0.3) is 16.5 Å². The monoisotopic (exact) mass is 464 g/mol. The normalized spacial score (nSPS) is 10.7. The molecule has 0 aliphatic rings. The van der Waals surface area contributed by atoms with E-state index in [1.165, 1.54) is 28.7 Å². The SMILES string of the molecule is C=C(NNC(=O)CSc1nnc(SCc2ccccc2)s1)c1ccc2ccccc2c1. The van der Waals surface area contributed by atoms with Gasteiger partial charge in [-0.3, -0.25) is 15.6 Å². The molecule has 4 rings (SSSR count). The molecular formula is C23H20N4OS3. The summed E-state index contributed by atoms with van der Waals surface area (Å²) >= 11 is 4.52. The van der Waals surface area contributed by atoms with Gasteiger partial charge in [-0.2, -0.15) is 0 Å². The topological polar surface area (TPSA) is 66.9 Å². The van der Waals surface area contributed by atoms with Crippen molar-refractivity contribution in [3.8, 4) is 0 Å². The van der Waals surface area contributed by atoms with Crippen LogP contribution in [0.15, 0.2) is 88.1 Å². The average Bonchev–Trinajstić information content (AvgIpc) is 3.28. The summed E-state index contributed by atoms with van der Waals surface area (Å²) in [4.78, 5) is 12.2. The van der Waals surface area contributed by atoms with Crippen LogP contribution in [0, 0.1) is 0 Å². The molecule has 1 heterocycles. The molecule has 0 fully saturated rings. The molecule has 4 aromatic rings. The van der Waals surface area contributed by atoms with Gasteiger partial charge in [-0.25, -0.2) is 0 Å². The van der Waals surface area contributed by atoms with E-state index in [0.29, 0.717) is 5.70 Å². The van der Waals surface area contributed by atoms with Crippen LogP contribution in [-0.2, 0) is 10.5 Å². The number of carbonyl (C=O) groups is 1. The summed E-state index contributed by atoms with van der Waals surface area (Å²) in [6.45, 7) is 4.02. The van der Waals surface area contributed by atoms with E-state index in [4.69, 9.17) is 0 Å². The molecule has 2 N–H and O–H groups in total. The molecular weight excluding hydrogens is 444 g/mol. The van der Waals surface area contributed by atoms with Crippen molar-refractivity contribution in [2.24, 2.45) is 0 Å². The van der Waals surface area contributed by atoms with E-state index in [-0.39, 0.29) is 11.7 Å². The molecule has 0 aliphatic carbocycles. The van der Waals surface area contributed by atoms with Gasteiger partial charge in [0.1, 0.15) is 0 Å². The largest absolute Gasteiger partial charge is 0.299 e. The van der Waals surface area contributed by atoms with Gasteiger partial charge >= 0.3 is 0 Å². The van der Waals surface area contributed by atoms with Crippen molar-refractivity contribution in [1.82, 2.24) is 21.0 Å². The van der Waals surface area contributed by atoms with Crippen LogP contribution in [0.1, 0.15) is 11.1 Å². The van der Waals surface area contributed by atoms with Crippen molar-refractivity contribution in [2.75, 3.05) is 5.75 Å². The summed E-state index contributed by atoms with van der Waals surface area (Å²) in [5.41, 5.74) is 8.40. The van der Waals surface area contributed by atoms with Crippen LogP contribution in [-0.4, -0.2) is 21.9 Å². The molecule has 0 atom stereocenters. The fourth-order valence-electron chi connectivity index (χ4n) is 2.79. The zero-order chi connectivity index (χ0) is 21.5. The number of rotatable bonds is 9. The molecule has 1 amide bonds. The summed E-state index contributed by atoms with van der Waals surface area (Å²) in [5.74, 6) is 0.942. The van der Waals surface area contributed by atoms with Crippen molar-refractivity contribution in [3.63, 3.8) is 0 Å². The molecule has 0 saturated carbocycles. The minimum atomic E-state index is -0.152. The molecule has 5 nitrogen and oxygen atoms in total. The van der Waals surface area contributed by atoms with Crippen LogP contribution in [0.4, 0.5) is 0 Å². The van der Waals surface area contributed by atoms with Gasteiger partial charge in [0, 0.05) is 5.75 Å². The van der Waals surface area contributed by atoms with Crippen LogP contribution in [0.5, 0.6) is 0 Å². The second-order valence-corrected chi connectivity index (χ2v) is 10.0.